The summed E-state index contributed by atoms with van der Waals surface area (Å²) in [5, 5.41) is 3.04. The van der Waals surface area contributed by atoms with Crippen LogP contribution in [0.1, 0.15) is 73.1 Å². The second kappa shape index (κ2) is 6.15. The third kappa shape index (κ3) is 3.97. The maximum atomic E-state index is 11.9. The molecular formula is C16H29NO3. The van der Waals surface area contributed by atoms with E-state index >= 15 is 0 Å². The highest BCUT2D eigenvalue weighted by atomic mass is 16.6. The van der Waals surface area contributed by atoms with Gasteiger partial charge in [0.05, 0.1) is 0 Å². The van der Waals surface area contributed by atoms with Crippen LogP contribution in [0.2, 0.25) is 0 Å². The molecular weight excluding hydrogens is 254 g/mol. The molecule has 3 aliphatic rings. The molecule has 0 heterocycles. The first-order chi connectivity index (χ1) is 9.28. The molecule has 116 valence electrons. The van der Waals surface area contributed by atoms with Crippen molar-refractivity contribution >= 4 is 12.4 Å². The molecule has 4 nitrogen and oxygen atoms in total. The van der Waals surface area contributed by atoms with Gasteiger partial charge in [-0.05, 0) is 59.3 Å². The van der Waals surface area contributed by atoms with E-state index in [2.05, 4.69) is 5.32 Å². The molecule has 2 bridgehead atoms. The van der Waals surface area contributed by atoms with Crippen molar-refractivity contribution in [2.75, 3.05) is 0 Å². The summed E-state index contributed by atoms with van der Waals surface area (Å²) in [7, 11) is 0. The number of fused-ring (bicyclic) bond motifs is 3. The van der Waals surface area contributed by atoms with Crippen LogP contribution < -0.4 is 5.32 Å². The van der Waals surface area contributed by atoms with E-state index in [-0.39, 0.29) is 17.0 Å². The molecule has 1 N–H and O–H groups in total. The van der Waals surface area contributed by atoms with E-state index < -0.39 is 5.60 Å². The molecule has 3 saturated carbocycles. The second-order valence-corrected chi connectivity index (χ2v) is 6.89. The van der Waals surface area contributed by atoms with Crippen molar-refractivity contribution in [1.29, 1.82) is 0 Å². The van der Waals surface area contributed by atoms with Gasteiger partial charge in [-0.15, -0.1) is 0 Å². The number of aldehydes is 1. The average molecular weight is 283 g/mol. The van der Waals surface area contributed by atoms with Crippen LogP contribution >= 0.6 is 0 Å². The SMILES string of the molecule is CC.CC(C)(C)OC(=O)NC12CCC(C=O)(CC1)CC2. The van der Waals surface area contributed by atoms with Crippen LogP contribution in [0.3, 0.4) is 0 Å². The smallest absolute Gasteiger partial charge is 0.408 e. The van der Waals surface area contributed by atoms with Gasteiger partial charge >= 0.3 is 6.09 Å². The molecule has 1 amide bonds. The van der Waals surface area contributed by atoms with E-state index in [4.69, 9.17) is 4.74 Å². The summed E-state index contributed by atoms with van der Waals surface area (Å²) >= 11 is 0. The van der Waals surface area contributed by atoms with E-state index in [1.54, 1.807) is 0 Å². The number of ether oxygens (including phenoxy) is 1. The lowest BCUT2D eigenvalue weighted by Crippen LogP contribution is -2.57. The van der Waals surface area contributed by atoms with E-state index in [1.807, 2.05) is 34.6 Å². The fourth-order valence-electron chi connectivity index (χ4n) is 3.10. The first-order valence-electron chi connectivity index (χ1n) is 7.76. The summed E-state index contributed by atoms with van der Waals surface area (Å²) in [5.41, 5.74) is -0.693. The maximum Gasteiger partial charge on any atom is 0.408 e. The van der Waals surface area contributed by atoms with Crippen molar-refractivity contribution < 1.29 is 14.3 Å². The molecule has 0 aromatic rings. The third-order valence-corrected chi connectivity index (χ3v) is 4.32. The molecule has 20 heavy (non-hydrogen) atoms. The van der Waals surface area contributed by atoms with E-state index in [0.717, 1.165) is 44.8 Å². The van der Waals surface area contributed by atoms with Crippen molar-refractivity contribution in [2.45, 2.75) is 84.3 Å². The Hall–Kier alpha value is -1.06. The van der Waals surface area contributed by atoms with Crippen LogP contribution in [-0.4, -0.2) is 23.5 Å². The van der Waals surface area contributed by atoms with Crippen LogP contribution in [0.25, 0.3) is 0 Å². The normalized spacial score (nSPS) is 31.9. The monoisotopic (exact) mass is 283 g/mol. The molecule has 4 heteroatoms. The fourth-order valence-corrected chi connectivity index (χ4v) is 3.10. The highest BCUT2D eigenvalue weighted by Crippen LogP contribution is 2.51. The molecule has 3 fully saturated rings. The largest absolute Gasteiger partial charge is 0.444 e. The Kier molecular flexibility index (Phi) is 5.22. The first-order valence-corrected chi connectivity index (χ1v) is 7.76. The van der Waals surface area contributed by atoms with Crippen LogP contribution in [0, 0.1) is 5.41 Å². The summed E-state index contributed by atoms with van der Waals surface area (Å²) in [6.07, 6.45) is 6.16. The fraction of sp³-hybridized carbons (Fsp3) is 0.875. The number of nitrogens with one attached hydrogen (secondary N) is 1. The number of rotatable bonds is 2. The Bertz CT molecular complexity index is 333. The maximum absolute atomic E-state index is 11.9. The number of carbonyl (C=O) groups is 2. The van der Waals surface area contributed by atoms with Gasteiger partial charge in [-0.25, -0.2) is 4.79 Å². The van der Waals surface area contributed by atoms with Crippen LogP contribution in [-0.2, 0) is 9.53 Å². The number of alkyl carbamates (subject to hydrolysis) is 1. The molecule has 0 radical (unpaired) electrons. The van der Waals surface area contributed by atoms with Gasteiger partial charge in [-0.1, -0.05) is 13.8 Å². The predicted octanol–water partition coefficient (Wildman–Crippen LogP) is 3.83. The summed E-state index contributed by atoms with van der Waals surface area (Å²) in [5.74, 6) is 0. The van der Waals surface area contributed by atoms with Crippen molar-refractivity contribution in [2.24, 2.45) is 5.41 Å². The highest BCUT2D eigenvalue weighted by molar-refractivity contribution is 5.69. The Balaban J connectivity index is 0.000000956. The van der Waals surface area contributed by atoms with Gasteiger partial charge in [-0.2, -0.15) is 0 Å². The first kappa shape index (κ1) is 17.0. The van der Waals surface area contributed by atoms with Crippen LogP contribution in [0.5, 0.6) is 0 Å². The molecule has 0 spiro atoms. The van der Waals surface area contributed by atoms with Crippen molar-refractivity contribution in [3.63, 3.8) is 0 Å². The Morgan fingerprint density at radius 1 is 1.05 bits per heavy atom. The Morgan fingerprint density at radius 3 is 1.85 bits per heavy atom. The van der Waals surface area contributed by atoms with Gasteiger partial charge in [0, 0.05) is 11.0 Å². The van der Waals surface area contributed by atoms with Gasteiger partial charge in [0.25, 0.3) is 0 Å². The number of hydrogen-bond donors (Lipinski definition) is 1. The van der Waals surface area contributed by atoms with Gasteiger partial charge in [0.2, 0.25) is 0 Å². The van der Waals surface area contributed by atoms with Gasteiger partial charge in [-0.3, -0.25) is 0 Å². The van der Waals surface area contributed by atoms with Crippen LogP contribution in [0.15, 0.2) is 0 Å². The Morgan fingerprint density at radius 2 is 1.50 bits per heavy atom. The second-order valence-electron chi connectivity index (χ2n) is 6.89. The van der Waals surface area contributed by atoms with E-state index in [9.17, 15) is 9.59 Å². The minimum absolute atomic E-state index is 0.0998. The highest BCUT2D eigenvalue weighted by Gasteiger charge is 2.49. The summed E-state index contributed by atoms with van der Waals surface area (Å²) in [6, 6.07) is 0. The minimum atomic E-state index is -0.462. The molecule has 0 saturated heterocycles. The van der Waals surface area contributed by atoms with E-state index in [0.29, 0.717) is 0 Å². The predicted molar refractivity (Wildman–Crippen MR) is 79.6 cm³/mol. The summed E-state index contributed by atoms with van der Waals surface area (Å²) < 4.78 is 5.32. The van der Waals surface area contributed by atoms with Crippen molar-refractivity contribution in [1.82, 2.24) is 5.32 Å². The molecule has 0 aliphatic heterocycles. The van der Waals surface area contributed by atoms with Gasteiger partial charge in [0.15, 0.2) is 0 Å². The molecule has 0 atom stereocenters. The lowest BCUT2D eigenvalue weighted by Gasteiger charge is -2.51. The number of hydrogen-bond acceptors (Lipinski definition) is 3. The standard InChI is InChI=1S/C14H23NO3.C2H6/c1-12(2,3)18-11(17)15-14-7-4-13(10-16,5-8-14)6-9-14;1-2/h10H,4-9H2,1-3H3,(H,15,17);1-2H3. The van der Waals surface area contributed by atoms with Gasteiger partial charge < -0.3 is 14.8 Å². The quantitative estimate of drug-likeness (QED) is 0.784. The third-order valence-electron chi connectivity index (χ3n) is 4.32. The lowest BCUT2D eigenvalue weighted by molar-refractivity contribution is -0.122. The average Bonchev–Trinajstić information content (AvgIpc) is 2.40. The zero-order valence-electron chi connectivity index (χ0n) is 13.5. The molecule has 0 aromatic carbocycles. The van der Waals surface area contributed by atoms with Crippen molar-refractivity contribution in [3.05, 3.63) is 0 Å². The number of amides is 1. The van der Waals surface area contributed by atoms with Crippen molar-refractivity contribution in [3.8, 4) is 0 Å². The summed E-state index contributed by atoms with van der Waals surface area (Å²) in [6.45, 7) is 9.59. The number of carbonyl (C=O) groups excluding carboxylic acids is 2. The van der Waals surface area contributed by atoms with Crippen LogP contribution in [0.4, 0.5) is 4.79 Å². The lowest BCUT2D eigenvalue weighted by atomic mass is 9.58. The molecule has 0 aromatic heterocycles. The molecule has 3 rings (SSSR count). The minimum Gasteiger partial charge on any atom is -0.444 e. The molecule has 3 aliphatic carbocycles. The topological polar surface area (TPSA) is 55.4 Å². The zero-order valence-corrected chi connectivity index (χ0v) is 13.5. The summed E-state index contributed by atoms with van der Waals surface area (Å²) in [4.78, 5) is 23.0. The van der Waals surface area contributed by atoms with Gasteiger partial charge in [0.1, 0.15) is 11.9 Å². The van der Waals surface area contributed by atoms with E-state index in [1.165, 1.54) is 0 Å². The Labute approximate surface area is 122 Å². The zero-order chi connectivity index (χ0) is 15.4. The molecule has 0 unspecified atom stereocenters.